The van der Waals surface area contributed by atoms with Gasteiger partial charge in [-0.15, -0.1) is 10.2 Å². The van der Waals surface area contributed by atoms with Gasteiger partial charge in [-0.25, -0.2) is 0 Å². The molecule has 0 saturated carbocycles. The van der Waals surface area contributed by atoms with E-state index in [1.807, 2.05) is 60.3 Å². The first-order valence-electron chi connectivity index (χ1n) is 6.74. The third kappa shape index (κ3) is 2.03. The van der Waals surface area contributed by atoms with Gasteiger partial charge in [0.2, 0.25) is 5.89 Å². The fourth-order valence-corrected chi connectivity index (χ4v) is 2.89. The van der Waals surface area contributed by atoms with Crippen LogP contribution in [0.15, 0.2) is 57.4 Å². The number of rotatable bonds is 2. The van der Waals surface area contributed by atoms with Crippen LogP contribution in [0.1, 0.15) is 0 Å². The number of benzene rings is 2. The van der Waals surface area contributed by atoms with E-state index in [0.29, 0.717) is 17.5 Å². The number of halogens is 1. The van der Waals surface area contributed by atoms with E-state index >= 15 is 0 Å². The zero-order valence-corrected chi connectivity index (χ0v) is 13.3. The molecule has 22 heavy (non-hydrogen) atoms. The van der Waals surface area contributed by atoms with Crippen molar-refractivity contribution in [2.75, 3.05) is 0 Å². The maximum Gasteiger partial charge on any atom is 0.269 e. The molecular formula is C16H11BrN4O. The average molecular weight is 355 g/mol. The van der Waals surface area contributed by atoms with Gasteiger partial charge in [-0.1, -0.05) is 30.3 Å². The standard InChI is InChI=1S/C16H11BrN4O/c1-21-13-9-5-3-7-11(13)14(20-21)16-19-18-15(22-16)10-6-2-4-8-12(10)17/h2-9H,1H3. The second-order valence-electron chi connectivity index (χ2n) is 4.88. The number of aromatic nitrogens is 4. The molecule has 108 valence electrons. The Labute approximate surface area is 134 Å². The summed E-state index contributed by atoms with van der Waals surface area (Å²) in [6, 6.07) is 15.7. The van der Waals surface area contributed by atoms with Crippen LogP contribution in [0, 0.1) is 0 Å². The summed E-state index contributed by atoms with van der Waals surface area (Å²) in [6.07, 6.45) is 0. The molecule has 0 amide bonds. The molecule has 0 saturated heterocycles. The zero-order valence-electron chi connectivity index (χ0n) is 11.7. The van der Waals surface area contributed by atoms with Crippen LogP contribution in [-0.4, -0.2) is 20.0 Å². The van der Waals surface area contributed by atoms with Gasteiger partial charge in [0.1, 0.15) is 0 Å². The third-order valence-corrected chi connectivity index (χ3v) is 4.18. The van der Waals surface area contributed by atoms with Gasteiger partial charge in [0.15, 0.2) is 5.69 Å². The highest BCUT2D eigenvalue weighted by atomic mass is 79.9. The Morgan fingerprint density at radius 2 is 1.68 bits per heavy atom. The second kappa shape index (κ2) is 5.06. The highest BCUT2D eigenvalue weighted by Gasteiger charge is 2.18. The summed E-state index contributed by atoms with van der Waals surface area (Å²) in [5, 5.41) is 13.8. The SMILES string of the molecule is Cn1nc(-c2nnc(-c3ccccc3Br)o2)c2ccccc21. The lowest BCUT2D eigenvalue weighted by molar-refractivity contribution is 0.580. The summed E-state index contributed by atoms with van der Waals surface area (Å²) in [7, 11) is 1.90. The molecule has 0 radical (unpaired) electrons. The Kier molecular flexibility index (Phi) is 3.04. The highest BCUT2D eigenvalue weighted by Crippen LogP contribution is 2.31. The summed E-state index contributed by atoms with van der Waals surface area (Å²) < 4.78 is 8.56. The summed E-state index contributed by atoms with van der Waals surface area (Å²) in [5.41, 5.74) is 2.59. The molecule has 4 aromatic rings. The molecule has 0 aliphatic heterocycles. The van der Waals surface area contributed by atoms with Crippen LogP contribution in [-0.2, 0) is 7.05 Å². The summed E-state index contributed by atoms with van der Waals surface area (Å²) >= 11 is 3.49. The van der Waals surface area contributed by atoms with E-state index in [0.717, 1.165) is 20.9 Å². The van der Waals surface area contributed by atoms with Crippen molar-refractivity contribution in [3.05, 3.63) is 53.0 Å². The van der Waals surface area contributed by atoms with Crippen LogP contribution in [0.3, 0.4) is 0 Å². The Morgan fingerprint density at radius 3 is 2.55 bits per heavy atom. The number of fused-ring (bicyclic) bond motifs is 1. The molecule has 0 aliphatic carbocycles. The largest absolute Gasteiger partial charge is 0.414 e. The molecule has 2 heterocycles. The van der Waals surface area contributed by atoms with E-state index in [9.17, 15) is 0 Å². The van der Waals surface area contributed by atoms with Crippen LogP contribution in [0.2, 0.25) is 0 Å². The normalized spacial score (nSPS) is 11.2. The van der Waals surface area contributed by atoms with E-state index < -0.39 is 0 Å². The van der Waals surface area contributed by atoms with E-state index in [-0.39, 0.29) is 0 Å². The fourth-order valence-electron chi connectivity index (χ4n) is 2.43. The van der Waals surface area contributed by atoms with Crippen LogP contribution >= 0.6 is 15.9 Å². The minimum Gasteiger partial charge on any atom is -0.414 e. The van der Waals surface area contributed by atoms with Gasteiger partial charge < -0.3 is 4.42 Å². The van der Waals surface area contributed by atoms with Crippen LogP contribution in [0.25, 0.3) is 33.9 Å². The lowest BCUT2D eigenvalue weighted by Gasteiger charge is -1.96. The van der Waals surface area contributed by atoms with E-state index in [4.69, 9.17) is 4.42 Å². The van der Waals surface area contributed by atoms with Gasteiger partial charge in [-0.2, -0.15) is 5.10 Å². The van der Waals surface area contributed by atoms with Crippen molar-refractivity contribution in [2.45, 2.75) is 0 Å². The molecule has 2 aromatic heterocycles. The number of nitrogens with zero attached hydrogens (tertiary/aromatic N) is 4. The second-order valence-corrected chi connectivity index (χ2v) is 5.74. The third-order valence-electron chi connectivity index (χ3n) is 3.49. The van der Waals surface area contributed by atoms with Crippen molar-refractivity contribution in [2.24, 2.45) is 7.05 Å². The average Bonchev–Trinajstić information content (AvgIpc) is 3.13. The van der Waals surface area contributed by atoms with Crippen LogP contribution < -0.4 is 0 Å². The highest BCUT2D eigenvalue weighted by molar-refractivity contribution is 9.10. The zero-order chi connectivity index (χ0) is 15.1. The molecule has 5 nitrogen and oxygen atoms in total. The minimum atomic E-state index is 0.419. The lowest BCUT2D eigenvalue weighted by Crippen LogP contribution is -1.89. The predicted octanol–water partition coefficient (Wildman–Crippen LogP) is 4.05. The molecule has 0 bridgehead atoms. The summed E-state index contributed by atoms with van der Waals surface area (Å²) in [6.45, 7) is 0. The van der Waals surface area contributed by atoms with Crippen molar-refractivity contribution < 1.29 is 4.42 Å². The molecular weight excluding hydrogens is 344 g/mol. The van der Waals surface area contributed by atoms with Crippen molar-refractivity contribution >= 4 is 26.8 Å². The van der Waals surface area contributed by atoms with Crippen LogP contribution in [0.4, 0.5) is 0 Å². The monoisotopic (exact) mass is 354 g/mol. The maximum atomic E-state index is 5.83. The Hall–Kier alpha value is -2.47. The van der Waals surface area contributed by atoms with Gasteiger partial charge in [0, 0.05) is 16.9 Å². The Bertz CT molecular complexity index is 973. The molecule has 4 rings (SSSR count). The molecule has 6 heteroatoms. The van der Waals surface area contributed by atoms with Gasteiger partial charge in [0.25, 0.3) is 5.89 Å². The van der Waals surface area contributed by atoms with Gasteiger partial charge in [-0.05, 0) is 34.1 Å². The quantitative estimate of drug-likeness (QED) is 0.544. The topological polar surface area (TPSA) is 56.7 Å². The van der Waals surface area contributed by atoms with E-state index in [2.05, 4.69) is 31.2 Å². The van der Waals surface area contributed by atoms with E-state index in [1.165, 1.54) is 0 Å². The minimum absolute atomic E-state index is 0.419. The molecule has 0 N–H and O–H groups in total. The van der Waals surface area contributed by atoms with Crippen molar-refractivity contribution in [1.29, 1.82) is 0 Å². The van der Waals surface area contributed by atoms with Crippen molar-refractivity contribution in [3.8, 4) is 23.0 Å². The first kappa shape index (κ1) is 13.2. The smallest absolute Gasteiger partial charge is 0.269 e. The maximum absolute atomic E-state index is 5.83. The van der Waals surface area contributed by atoms with Crippen LogP contribution in [0.5, 0.6) is 0 Å². The number of hydrogen-bond acceptors (Lipinski definition) is 4. The molecule has 0 aliphatic rings. The Balaban J connectivity index is 1.86. The van der Waals surface area contributed by atoms with Gasteiger partial charge in [0.05, 0.1) is 11.1 Å². The molecule has 0 spiro atoms. The summed E-state index contributed by atoms with van der Waals surface area (Å²) in [5.74, 6) is 0.889. The molecule has 0 fully saturated rings. The fraction of sp³-hybridized carbons (Fsp3) is 0.0625. The van der Waals surface area contributed by atoms with Gasteiger partial charge >= 0.3 is 0 Å². The van der Waals surface area contributed by atoms with Crippen molar-refractivity contribution in [3.63, 3.8) is 0 Å². The van der Waals surface area contributed by atoms with Crippen molar-refractivity contribution in [1.82, 2.24) is 20.0 Å². The molecule has 2 aromatic carbocycles. The molecule has 0 unspecified atom stereocenters. The van der Waals surface area contributed by atoms with E-state index in [1.54, 1.807) is 0 Å². The predicted molar refractivity (Wildman–Crippen MR) is 87.1 cm³/mol. The first-order chi connectivity index (χ1) is 10.7. The Morgan fingerprint density at radius 1 is 0.955 bits per heavy atom. The number of aryl methyl sites for hydroxylation is 1. The number of para-hydroxylation sites is 1. The number of hydrogen-bond donors (Lipinski definition) is 0. The lowest BCUT2D eigenvalue weighted by atomic mass is 10.2. The summed E-state index contributed by atoms with van der Waals surface area (Å²) in [4.78, 5) is 0. The van der Waals surface area contributed by atoms with Gasteiger partial charge in [-0.3, -0.25) is 4.68 Å². The molecule has 0 atom stereocenters. The first-order valence-corrected chi connectivity index (χ1v) is 7.54.